The van der Waals surface area contributed by atoms with Crippen molar-refractivity contribution in [3.05, 3.63) is 108 Å². The highest BCUT2D eigenvalue weighted by atomic mass is 16.4. The molecule has 1 aliphatic rings. The van der Waals surface area contributed by atoms with E-state index in [0.717, 1.165) is 38.4 Å². The van der Waals surface area contributed by atoms with Crippen LogP contribution >= 0.6 is 0 Å². The summed E-state index contributed by atoms with van der Waals surface area (Å²) in [6.07, 6.45) is 2.34. The smallest absolute Gasteiger partial charge is 0.335 e. The molecule has 4 rings (SSSR count). The number of anilines is 1. The number of rotatable bonds is 6. The van der Waals surface area contributed by atoms with Crippen LogP contribution in [-0.2, 0) is 0 Å². The highest BCUT2D eigenvalue weighted by Crippen LogP contribution is 2.23. The van der Waals surface area contributed by atoms with Crippen LogP contribution in [-0.4, -0.2) is 48.7 Å². The van der Waals surface area contributed by atoms with E-state index < -0.39 is 5.97 Å². The normalized spacial score (nSPS) is 14.3. The van der Waals surface area contributed by atoms with Gasteiger partial charge in [-0.15, -0.1) is 0 Å². The first-order chi connectivity index (χ1) is 14.7. The fraction of sp³-hybridized carbons (Fsp3) is 0.192. The molecule has 30 heavy (non-hydrogen) atoms. The molecule has 0 aliphatic carbocycles. The summed E-state index contributed by atoms with van der Waals surface area (Å²) in [5.74, 6) is -0.884. The first-order valence-electron chi connectivity index (χ1n) is 10.3. The Balaban J connectivity index is 1.42. The van der Waals surface area contributed by atoms with Crippen molar-refractivity contribution in [3.63, 3.8) is 0 Å². The summed E-state index contributed by atoms with van der Waals surface area (Å²) in [6, 6.07) is 28.3. The Kier molecular flexibility index (Phi) is 6.26. The summed E-state index contributed by atoms with van der Waals surface area (Å²) in [5.41, 5.74) is 5.16. The third-order valence-corrected chi connectivity index (χ3v) is 5.57. The Morgan fingerprint density at radius 3 is 1.77 bits per heavy atom. The molecule has 0 unspecified atom stereocenters. The van der Waals surface area contributed by atoms with Gasteiger partial charge in [0.25, 0.3) is 0 Å². The van der Waals surface area contributed by atoms with Gasteiger partial charge in [-0.25, -0.2) is 4.79 Å². The zero-order valence-electron chi connectivity index (χ0n) is 16.9. The van der Waals surface area contributed by atoms with Crippen LogP contribution in [0.15, 0.2) is 91.0 Å². The summed E-state index contributed by atoms with van der Waals surface area (Å²) < 4.78 is 0. The van der Waals surface area contributed by atoms with Crippen molar-refractivity contribution in [2.24, 2.45) is 0 Å². The molecule has 1 aliphatic heterocycles. The van der Waals surface area contributed by atoms with Crippen LogP contribution in [0.4, 0.5) is 5.69 Å². The van der Waals surface area contributed by atoms with Gasteiger partial charge in [0, 0.05) is 38.4 Å². The molecule has 152 valence electrons. The van der Waals surface area contributed by atoms with Gasteiger partial charge in [0.2, 0.25) is 0 Å². The quantitative estimate of drug-likeness (QED) is 0.657. The molecular weight excluding hydrogens is 372 g/mol. The van der Waals surface area contributed by atoms with Crippen LogP contribution < -0.4 is 4.90 Å². The molecule has 3 aromatic carbocycles. The zero-order valence-corrected chi connectivity index (χ0v) is 16.9. The van der Waals surface area contributed by atoms with E-state index in [2.05, 4.69) is 64.4 Å². The fourth-order valence-corrected chi connectivity index (χ4v) is 3.86. The van der Waals surface area contributed by atoms with Gasteiger partial charge in [-0.3, -0.25) is 4.90 Å². The number of nitrogens with zero attached hydrogens (tertiary/aromatic N) is 2. The van der Waals surface area contributed by atoms with Gasteiger partial charge in [-0.2, -0.15) is 0 Å². The monoisotopic (exact) mass is 398 g/mol. The molecule has 0 bridgehead atoms. The second-order valence-corrected chi connectivity index (χ2v) is 7.49. The average Bonchev–Trinajstić information content (AvgIpc) is 2.81. The summed E-state index contributed by atoms with van der Waals surface area (Å²) in [6.45, 7) is 4.74. The number of carbonyl (C=O) groups is 1. The van der Waals surface area contributed by atoms with E-state index in [4.69, 9.17) is 5.11 Å². The van der Waals surface area contributed by atoms with Gasteiger partial charge in [-0.1, -0.05) is 66.7 Å². The molecule has 1 N–H and O–H groups in total. The minimum Gasteiger partial charge on any atom is -0.478 e. The largest absolute Gasteiger partial charge is 0.478 e. The molecule has 0 aromatic heterocycles. The molecule has 0 saturated carbocycles. The molecule has 3 aromatic rings. The van der Waals surface area contributed by atoms with Crippen molar-refractivity contribution < 1.29 is 9.90 Å². The van der Waals surface area contributed by atoms with Crippen molar-refractivity contribution in [2.45, 2.75) is 0 Å². The molecule has 1 heterocycles. The average molecular weight is 399 g/mol. The lowest BCUT2D eigenvalue weighted by atomic mass is 9.97. The van der Waals surface area contributed by atoms with Gasteiger partial charge in [-0.05, 0) is 41.0 Å². The Morgan fingerprint density at radius 1 is 0.733 bits per heavy atom. The lowest BCUT2D eigenvalue weighted by Gasteiger charge is -2.35. The van der Waals surface area contributed by atoms with Crippen molar-refractivity contribution in [1.29, 1.82) is 0 Å². The van der Waals surface area contributed by atoms with Crippen molar-refractivity contribution >= 4 is 17.2 Å². The lowest BCUT2D eigenvalue weighted by molar-refractivity contribution is 0.0697. The summed E-state index contributed by atoms with van der Waals surface area (Å²) in [4.78, 5) is 15.8. The standard InChI is InChI=1S/C26H26N2O2/c29-26(30)23-11-13-24(14-12-23)28-19-17-27(18-20-28)16-15-25(21-7-3-1-4-8-21)22-9-5-2-6-10-22/h1-15H,16-20H2,(H,29,30). The summed E-state index contributed by atoms with van der Waals surface area (Å²) in [5, 5.41) is 9.06. The van der Waals surface area contributed by atoms with Gasteiger partial charge in [0.1, 0.15) is 0 Å². The highest BCUT2D eigenvalue weighted by Gasteiger charge is 2.17. The van der Waals surface area contributed by atoms with Crippen LogP contribution in [0.1, 0.15) is 21.5 Å². The molecule has 0 amide bonds. The second-order valence-electron chi connectivity index (χ2n) is 7.49. The zero-order chi connectivity index (χ0) is 20.8. The van der Waals surface area contributed by atoms with Crippen LogP contribution in [0.3, 0.4) is 0 Å². The van der Waals surface area contributed by atoms with E-state index in [1.54, 1.807) is 12.1 Å². The third kappa shape index (κ3) is 4.78. The lowest BCUT2D eigenvalue weighted by Crippen LogP contribution is -2.46. The van der Waals surface area contributed by atoms with Crippen molar-refractivity contribution in [2.75, 3.05) is 37.6 Å². The van der Waals surface area contributed by atoms with Crippen molar-refractivity contribution in [3.8, 4) is 0 Å². The number of aromatic carboxylic acids is 1. The Hall–Kier alpha value is -3.37. The molecule has 0 spiro atoms. The molecule has 0 atom stereocenters. The van der Waals surface area contributed by atoms with Gasteiger partial charge >= 0.3 is 5.97 Å². The molecule has 1 saturated heterocycles. The number of carboxylic acids is 1. The number of piperazine rings is 1. The Bertz CT molecular complexity index is 949. The van der Waals surface area contributed by atoms with Crippen LogP contribution in [0.5, 0.6) is 0 Å². The summed E-state index contributed by atoms with van der Waals surface area (Å²) in [7, 11) is 0. The topological polar surface area (TPSA) is 43.8 Å². The molecule has 4 heteroatoms. The fourth-order valence-electron chi connectivity index (χ4n) is 3.86. The van der Waals surface area contributed by atoms with E-state index in [1.165, 1.54) is 16.7 Å². The number of benzene rings is 3. The minimum atomic E-state index is -0.884. The number of carboxylic acid groups (broad SMARTS) is 1. The van der Waals surface area contributed by atoms with Crippen molar-refractivity contribution in [1.82, 2.24) is 4.90 Å². The van der Waals surface area contributed by atoms with E-state index in [0.29, 0.717) is 5.56 Å². The molecule has 4 nitrogen and oxygen atoms in total. The summed E-state index contributed by atoms with van der Waals surface area (Å²) >= 11 is 0. The Labute approximate surface area is 177 Å². The molecule has 0 radical (unpaired) electrons. The third-order valence-electron chi connectivity index (χ3n) is 5.57. The maximum atomic E-state index is 11.0. The van der Waals surface area contributed by atoms with E-state index in [1.807, 2.05) is 24.3 Å². The predicted octanol–water partition coefficient (Wildman–Crippen LogP) is 4.64. The predicted molar refractivity (Wildman–Crippen MR) is 122 cm³/mol. The van der Waals surface area contributed by atoms with Crippen LogP contribution in [0.2, 0.25) is 0 Å². The maximum Gasteiger partial charge on any atom is 0.335 e. The first-order valence-corrected chi connectivity index (χ1v) is 10.3. The van der Waals surface area contributed by atoms with Crippen LogP contribution in [0.25, 0.3) is 5.57 Å². The SMILES string of the molecule is O=C(O)c1ccc(N2CCN(CC=C(c3ccccc3)c3ccccc3)CC2)cc1. The highest BCUT2D eigenvalue weighted by molar-refractivity contribution is 5.88. The van der Waals surface area contributed by atoms with E-state index in [9.17, 15) is 4.79 Å². The van der Waals surface area contributed by atoms with Gasteiger partial charge in [0.15, 0.2) is 0 Å². The minimum absolute atomic E-state index is 0.330. The number of hydrogen-bond acceptors (Lipinski definition) is 3. The Morgan fingerprint density at radius 2 is 1.27 bits per heavy atom. The van der Waals surface area contributed by atoms with E-state index in [-0.39, 0.29) is 0 Å². The molecular formula is C26H26N2O2. The van der Waals surface area contributed by atoms with Gasteiger partial charge in [0.05, 0.1) is 5.56 Å². The van der Waals surface area contributed by atoms with Crippen LogP contribution in [0, 0.1) is 0 Å². The number of hydrogen-bond donors (Lipinski definition) is 1. The maximum absolute atomic E-state index is 11.0. The molecule has 1 fully saturated rings. The van der Waals surface area contributed by atoms with Gasteiger partial charge < -0.3 is 10.0 Å². The first kappa shape index (κ1) is 19.9. The second kappa shape index (κ2) is 9.42. The van der Waals surface area contributed by atoms with E-state index >= 15 is 0 Å².